The predicted molar refractivity (Wildman–Crippen MR) is 73.3 cm³/mol. The number of hydrogen-bond acceptors (Lipinski definition) is 2. The Hall–Kier alpha value is -1.70. The highest BCUT2D eigenvalue weighted by Crippen LogP contribution is 2.33. The molecule has 1 heterocycles. The van der Waals surface area contributed by atoms with Crippen molar-refractivity contribution in [3.8, 4) is 11.4 Å². The molecule has 0 saturated heterocycles. The van der Waals surface area contributed by atoms with Crippen molar-refractivity contribution in [3.63, 3.8) is 0 Å². The number of nitrogens with zero attached hydrogens (tertiary/aromatic N) is 2. The summed E-state index contributed by atoms with van der Waals surface area (Å²) < 4.78 is 0. The quantitative estimate of drug-likeness (QED) is 0.784. The molecule has 0 radical (unpaired) electrons. The first-order chi connectivity index (χ1) is 8.93. The Morgan fingerprint density at radius 1 is 0.833 bits per heavy atom. The lowest BCUT2D eigenvalue weighted by Gasteiger charge is -2.22. The summed E-state index contributed by atoms with van der Waals surface area (Å²) >= 11 is 0. The van der Waals surface area contributed by atoms with Crippen LogP contribution in [0.1, 0.15) is 43.6 Å². The Labute approximate surface area is 108 Å². The van der Waals surface area contributed by atoms with Gasteiger partial charge >= 0.3 is 0 Å². The minimum atomic E-state index is 0.768. The third kappa shape index (κ3) is 2.42. The molecular formula is C16H18N2. The third-order valence-corrected chi connectivity index (χ3v) is 3.81. The number of rotatable bonds is 2. The lowest BCUT2D eigenvalue weighted by Crippen LogP contribution is -2.04. The van der Waals surface area contributed by atoms with Crippen LogP contribution in [-0.4, -0.2) is 9.97 Å². The first-order valence-corrected chi connectivity index (χ1v) is 6.81. The topological polar surface area (TPSA) is 25.8 Å². The summed E-state index contributed by atoms with van der Waals surface area (Å²) in [6, 6.07) is 10.7. The lowest BCUT2D eigenvalue weighted by molar-refractivity contribution is 0.443. The first kappa shape index (κ1) is 11.4. The first-order valence-electron chi connectivity index (χ1n) is 6.81. The number of benzene rings is 1. The minimum absolute atomic E-state index is 0.768. The standard InChI is InChI=1S/C16H18N2/c1-2-5-13(6-3-1)14-7-9-15(10-8-14)16-17-11-4-12-18-16/h4,7-13H,1-3,5-6H2. The van der Waals surface area contributed by atoms with Crippen LogP contribution in [0.25, 0.3) is 11.4 Å². The van der Waals surface area contributed by atoms with Gasteiger partial charge in [-0.25, -0.2) is 9.97 Å². The van der Waals surface area contributed by atoms with E-state index in [9.17, 15) is 0 Å². The molecule has 1 fully saturated rings. The van der Waals surface area contributed by atoms with E-state index >= 15 is 0 Å². The second-order valence-electron chi connectivity index (χ2n) is 5.03. The second kappa shape index (κ2) is 5.30. The SMILES string of the molecule is c1cnc(-c2ccc(C3CCCCC3)cc2)nc1. The van der Waals surface area contributed by atoms with Crippen LogP contribution in [0.3, 0.4) is 0 Å². The van der Waals surface area contributed by atoms with E-state index in [1.807, 2.05) is 6.07 Å². The van der Waals surface area contributed by atoms with Crippen molar-refractivity contribution >= 4 is 0 Å². The summed E-state index contributed by atoms with van der Waals surface area (Å²) in [5.41, 5.74) is 2.59. The molecule has 0 N–H and O–H groups in total. The summed E-state index contributed by atoms with van der Waals surface area (Å²) in [5.74, 6) is 1.58. The van der Waals surface area contributed by atoms with E-state index in [0.717, 1.165) is 17.3 Å². The van der Waals surface area contributed by atoms with E-state index in [4.69, 9.17) is 0 Å². The van der Waals surface area contributed by atoms with Gasteiger partial charge in [0.25, 0.3) is 0 Å². The fourth-order valence-corrected chi connectivity index (χ4v) is 2.79. The van der Waals surface area contributed by atoms with Gasteiger partial charge in [0.1, 0.15) is 0 Å². The fourth-order valence-electron chi connectivity index (χ4n) is 2.79. The van der Waals surface area contributed by atoms with Crippen molar-refractivity contribution in [2.45, 2.75) is 38.0 Å². The van der Waals surface area contributed by atoms with E-state index in [0.29, 0.717) is 0 Å². The maximum absolute atomic E-state index is 4.28. The van der Waals surface area contributed by atoms with Crippen LogP contribution >= 0.6 is 0 Å². The molecule has 2 heteroatoms. The maximum atomic E-state index is 4.28. The molecule has 1 aromatic carbocycles. The fraction of sp³-hybridized carbons (Fsp3) is 0.375. The van der Waals surface area contributed by atoms with Crippen LogP contribution in [0.4, 0.5) is 0 Å². The van der Waals surface area contributed by atoms with E-state index < -0.39 is 0 Å². The van der Waals surface area contributed by atoms with Crippen molar-refractivity contribution in [3.05, 3.63) is 48.3 Å². The summed E-state index contributed by atoms with van der Waals surface area (Å²) in [4.78, 5) is 8.56. The Balaban J connectivity index is 1.80. The zero-order chi connectivity index (χ0) is 12.2. The Morgan fingerprint density at radius 3 is 2.17 bits per heavy atom. The van der Waals surface area contributed by atoms with Gasteiger partial charge in [0, 0.05) is 18.0 Å². The van der Waals surface area contributed by atoms with Crippen LogP contribution in [0, 0.1) is 0 Å². The number of aromatic nitrogens is 2. The van der Waals surface area contributed by atoms with Crippen LogP contribution < -0.4 is 0 Å². The third-order valence-electron chi connectivity index (χ3n) is 3.81. The normalized spacial score (nSPS) is 16.7. The average molecular weight is 238 g/mol. The monoisotopic (exact) mass is 238 g/mol. The zero-order valence-electron chi connectivity index (χ0n) is 10.5. The molecule has 0 spiro atoms. The largest absolute Gasteiger partial charge is 0.237 e. The molecule has 1 aliphatic rings. The summed E-state index contributed by atoms with van der Waals surface area (Å²) in [6.45, 7) is 0. The van der Waals surface area contributed by atoms with Gasteiger partial charge < -0.3 is 0 Å². The van der Waals surface area contributed by atoms with Gasteiger partial charge in [-0.1, -0.05) is 43.5 Å². The van der Waals surface area contributed by atoms with Gasteiger partial charge in [-0.3, -0.25) is 0 Å². The van der Waals surface area contributed by atoms with E-state index in [2.05, 4.69) is 34.2 Å². The Morgan fingerprint density at radius 2 is 1.50 bits per heavy atom. The van der Waals surface area contributed by atoms with Gasteiger partial charge in [0.05, 0.1) is 0 Å². The molecule has 0 unspecified atom stereocenters. The van der Waals surface area contributed by atoms with Gasteiger partial charge in [-0.15, -0.1) is 0 Å². The lowest BCUT2D eigenvalue weighted by atomic mass is 9.84. The molecule has 3 rings (SSSR count). The smallest absolute Gasteiger partial charge is 0.159 e. The van der Waals surface area contributed by atoms with E-state index in [-0.39, 0.29) is 0 Å². The van der Waals surface area contributed by atoms with Crippen molar-refractivity contribution < 1.29 is 0 Å². The Kier molecular flexibility index (Phi) is 3.35. The van der Waals surface area contributed by atoms with E-state index in [1.165, 1.54) is 37.7 Å². The molecule has 2 nitrogen and oxygen atoms in total. The summed E-state index contributed by atoms with van der Waals surface area (Å²) in [6.07, 6.45) is 10.5. The maximum Gasteiger partial charge on any atom is 0.159 e. The van der Waals surface area contributed by atoms with Crippen molar-refractivity contribution in [1.29, 1.82) is 0 Å². The van der Waals surface area contributed by atoms with Gasteiger partial charge in [-0.2, -0.15) is 0 Å². The van der Waals surface area contributed by atoms with Crippen molar-refractivity contribution in [1.82, 2.24) is 9.97 Å². The molecule has 0 aliphatic heterocycles. The zero-order valence-corrected chi connectivity index (χ0v) is 10.5. The molecule has 92 valence electrons. The minimum Gasteiger partial charge on any atom is -0.237 e. The molecule has 1 aliphatic carbocycles. The highest BCUT2D eigenvalue weighted by molar-refractivity contribution is 5.55. The van der Waals surface area contributed by atoms with Crippen LogP contribution in [-0.2, 0) is 0 Å². The highest BCUT2D eigenvalue weighted by atomic mass is 14.8. The predicted octanol–water partition coefficient (Wildman–Crippen LogP) is 4.19. The van der Waals surface area contributed by atoms with Crippen LogP contribution in [0.5, 0.6) is 0 Å². The molecule has 0 atom stereocenters. The van der Waals surface area contributed by atoms with Gasteiger partial charge in [0.2, 0.25) is 0 Å². The van der Waals surface area contributed by atoms with Gasteiger partial charge in [-0.05, 0) is 30.4 Å². The van der Waals surface area contributed by atoms with Crippen molar-refractivity contribution in [2.24, 2.45) is 0 Å². The molecule has 1 saturated carbocycles. The molecule has 0 amide bonds. The average Bonchev–Trinajstić information content (AvgIpc) is 2.49. The van der Waals surface area contributed by atoms with Crippen LogP contribution in [0.2, 0.25) is 0 Å². The molecule has 18 heavy (non-hydrogen) atoms. The molecule has 0 bridgehead atoms. The molecular weight excluding hydrogens is 220 g/mol. The molecule has 1 aromatic heterocycles. The summed E-state index contributed by atoms with van der Waals surface area (Å²) in [5, 5.41) is 0. The van der Waals surface area contributed by atoms with Crippen molar-refractivity contribution in [2.75, 3.05) is 0 Å². The number of hydrogen-bond donors (Lipinski definition) is 0. The second-order valence-corrected chi connectivity index (χ2v) is 5.03. The Bertz CT molecular complexity index is 484. The molecule has 2 aromatic rings. The van der Waals surface area contributed by atoms with Crippen LogP contribution in [0.15, 0.2) is 42.7 Å². The highest BCUT2D eigenvalue weighted by Gasteiger charge is 2.15. The van der Waals surface area contributed by atoms with E-state index in [1.54, 1.807) is 12.4 Å². The van der Waals surface area contributed by atoms with Gasteiger partial charge in [0.15, 0.2) is 5.82 Å². The summed E-state index contributed by atoms with van der Waals surface area (Å²) in [7, 11) is 0.